The Kier molecular flexibility index (Phi) is 2.42. The fourth-order valence-corrected chi connectivity index (χ4v) is 1.06. The summed E-state index contributed by atoms with van der Waals surface area (Å²) in [6.45, 7) is -0.139. The second kappa shape index (κ2) is 3.38. The highest BCUT2D eigenvalue weighted by Gasteiger charge is 2.08. The van der Waals surface area contributed by atoms with Crippen molar-refractivity contribution in [2.45, 2.75) is 6.54 Å². The van der Waals surface area contributed by atoms with Crippen molar-refractivity contribution in [1.29, 1.82) is 0 Å². The molecule has 0 radical (unpaired) electrons. The SMILES string of the molecule is C#CCn1c(=O)n(C)c(=O)n(C)c1=O. The average Bonchev–Trinajstić information content (AvgIpc) is 2.19. The van der Waals surface area contributed by atoms with Gasteiger partial charge in [-0.15, -0.1) is 6.42 Å². The standard InChI is InChI=1S/C8H9N3O3/c1-4-5-11-7(13)9(2)6(12)10(3)8(11)14/h1H,5H2,2-3H3. The average molecular weight is 195 g/mol. The lowest BCUT2D eigenvalue weighted by Crippen LogP contribution is -2.52. The van der Waals surface area contributed by atoms with Crippen molar-refractivity contribution in [3.63, 3.8) is 0 Å². The van der Waals surface area contributed by atoms with Crippen LogP contribution in [0.3, 0.4) is 0 Å². The highest BCUT2D eigenvalue weighted by Crippen LogP contribution is 1.67. The van der Waals surface area contributed by atoms with Crippen molar-refractivity contribution in [2.24, 2.45) is 14.1 Å². The molecule has 6 heteroatoms. The van der Waals surface area contributed by atoms with Gasteiger partial charge in [-0.25, -0.2) is 28.1 Å². The van der Waals surface area contributed by atoms with Crippen LogP contribution in [0.4, 0.5) is 0 Å². The molecule has 0 saturated carbocycles. The van der Waals surface area contributed by atoms with Crippen molar-refractivity contribution in [2.75, 3.05) is 0 Å². The molecule has 1 aromatic rings. The molecule has 0 N–H and O–H groups in total. The number of rotatable bonds is 1. The molecule has 0 atom stereocenters. The third-order valence-electron chi connectivity index (χ3n) is 1.86. The van der Waals surface area contributed by atoms with Crippen LogP contribution < -0.4 is 17.1 Å². The van der Waals surface area contributed by atoms with Crippen LogP contribution in [-0.4, -0.2) is 13.7 Å². The number of hydrogen-bond donors (Lipinski definition) is 0. The van der Waals surface area contributed by atoms with E-state index in [1.807, 2.05) is 0 Å². The molecule has 14 heavy (non-hydrogen) atoms. The van der Waals surface area contributed by atoms with E-state index in [1.54, 1.807) is 0 Å². The summed E-state index contributed by atoms with van der Waals surface area (Å²) in [6, 6.07) is 0. The summed E-state index contributed by atoms with van der Waals surface area (Å²) in [6.07, 6.45) is 4.99. The quantitative estimate of drug-likeness (QED) is 0.481. The topological polar surface area (TPSA) is 66.0 Å². The van der Waals surface area contributed by atoms with Gasteiger partial charge in [0.05, 0.1) is 6.54 Å². The zero-order valence-electron chi connectivity index (χ0n) is 7.85. The van der Waals surface area contributed by atoms with Gasteiger partial charge in [-0.3, -0.25) is 0 Å². The maximum Gasteiger partial charge on any atom is 0.336 e. The van der Waals surface area contributed by atoms with Crippen molar-refractivity contribution >= 4 is 0 Å². The minimum Gasteiger partial charge on any atom is -0.248 e. The van der Waals surface area contributed by atoms with E-state index < -0.39 is 17.1 Å². The first-order chi connectivity index (χ1) is 6.50. The van der Waals surface area contributed by atoms with Crippen molar-refractivity contribution in [1.82, 2.24) is 13.7 Å². The first-order valence-corrected chi connectivity index (χ1v) is 3.81. The minimum absolute atomic E-state index is 0.139. The summed E-state index contributed by atoms with van der Waals surface area (Å²) >= 11 is 0. The Labute approximate surface area is 79.0 Å². The zero-order valence-corrected chi connectivity index (χ0v) is 7.85. The van der Waals surface area contributed by atoms with Gasteiger partial charge in [0.25, 0.3) is 0 Å². The lowest BCUT2D eigenvalue weighted by atomic mass is 10.6. The second-order valence-electron chi connectivity index (χ2n) is 2.76. The van der Waals surface area contributed by atoms with E-state index in [0.717, 1.165) is 13.7 Å². The van der Waals surface area contributed by atoms with Gasteiger partial charge in [-0.05, 0) is 0 Å². The molecule has 0 aliphatic rings. The van der Waals surface area contributed by atoms with E-state index in [0.29, 0.717) is 0 Å². The van der Waals surface area contributed by atoms with E-state index in [9.17, 15) is 14.4 Å². The molecule has 0 aromatic carbocycles. The molecule has 0 aliphatic heterocycles. The van der Waals surface area contributed by atoms with Crippen LogP contribution >= 0.6 is 0 Å². The third kappa shape index (κ3) is 1.29. The molecule has 6 nitrogen and oxygen atoms in total. The fraction of sp³-hybridized carbons (Fsp3) is 0.375. The molecule has 0 saturated heterocycles. The maximum absolute atomic E-state index is 11.4. The zero-order chi connectivity index (χ0) is 10.9. The Balaban J connectivity index is 3.81. The summed E-state index contributed by atoms with van der Waals surface area (Å²) in [4.78, 5) is 34.0. The van der Waals surface area contributed by atoms with Crippen LogP contribution in [0.25, 0.3) is 0 Å². The van der Waals surface area contributed by atoms with Crippen molar-refractivity contribution in [3.8, 4) is 12.3 Å². The van der Waals surface area contributed by atoms with Crippen LogP contribution in [-0.2, 0) is 20.6 Å². The lowest BCUT2D eigenvalue weighted by molar-refractivity contribution is 0.536. The van der Waals surface area contributed by atoms with Crippen molar-refractivity contribution < 1.29 is 0 Å². The van der Waals surface area contributed by atoms with E-state index in [2.05, 4.69) is 5.92 Å². The van der Waals surface area contributed by atoms with Gasteiger partial charge in [0, 0.05) is 14.1 Å². The Morgan fingerprint density at radius 2 is 1.50 bits per heavy atom. The molecule has 0 fully saturated rings. The van der Waals surface area contributed by atoms with Crippen LogP contribution in [0.15, 0.2) is 14.4 Å². The maximum atomic E-state index is 11.4. The van der Waals surface area contributed by atoms with Crippen LogP contribution in [0.1, 0.15) is 0 Å². The van der Waals surface area contributed by atoms with Gasteiger partial charge in [0.2, 0.25) is 0 Å². The second-order valence-corrected chi connectivity index (χ2v) is 2.76. The number of aromatic nitrogens is 3. The van der Waals surface area contributed by atoms with Gasteiger partial charge in [-0.2, -0.15) is 0 Å². The van der Waals surface area contributed by atoms with Crippen LogP contribution in [0, 0.1) is 12.3 Å². The number of hydrogen-bond acceptors (Lipinski definition) is 3. The summed E-state index contributed by atoms with van der Waals surface area (Å²) in [5, 5.41) is 0. The predicted octanol–water partition coefficient (Wildman–Crippen LogP) is -2.12. The van der Waals surface area contributed by atoms with Crippen LogP contribution in [0.5, 0.6) is 0 Å². The molecular weight excluding hydrogens is 186 g/mol. The normalized spacial score (nSPS) is 9.79. The Hall–Kier alpha value is -2.03. The molecule has 0 amide bonds. The van der Waals surface area contributed by atoms with Gasteiger partial charge in [-0.1, -0.05) is 5.92 Å². The molecule has 0 aliphatic carbocycles. The molecule has 0 spiro atoms. The van der Waals surface area contributed by atoms with E-state index in [4.69, 9.17) is 6.42 Å². The first kappa shape index (κ1) is 10.1. The molecule has 1 rings (SSSR count). The molecule has 0 unspecified atom stereocenters. The molecule has 1 aromatic heterocycles. The molecule has 1 heterocycles. The molecular formula is C8H9N3O3. The summed E-state index contributed by atoms with van der Waals surface area (Å²) in [5.41, 5.74) is -2.06. The highest BCUT2D eigenvalue weighted by atomic mass is 16.2. The predicted molar refractivity (Wildman–Crippen MR) is 50.0 cm³/mol. The minimum atomic E-state index is -0.698. The summed E-state index contributed by atoms with van der Waals surface area (Å²) in [5.74, 6) is 2.17. The first-order valence-electron chi connectivity index (χ1n) is 3.81. The van der Waals surface area contributed by atoms with Gasteiger partial charge in [0.1, 0.15) is 0 Å². The summed E-state index contributed by atoms with van der Waals surface area (Å²) in [7, 11) is 2.58. The van der Waals surface area contributed by atoms with Crippen molar-refractivity contribution in [3.05, 3.63) is 31.5 Å². The third-order valence-corrected chi connectivity index (χ3v) is 1.86. The monoisotopic (exact) mass is 195 g/mol. The molecule has 74 valence electrons. The Bertz CT molecular complexity index is 527. The van der Waals surface area contributed by atoms with Crippen LogP contribution in [0.2, 0.25) is 0 Å². The smallest absolute Gasteiger partial charge is 0.248 e. The number of nitrogens with zero attached hydrogens (tertiary/aromatic N) is 3. The highest BCUT2D eigenvalue weighted by molar-refractivity contribution is 4.87. The van der Waals surface area contributed by atoms with Gasteiger partial charge >= 0.3 is 17.1 Å². The van der Waals surface area contributed by atoms with Gasteiger partial charge in [0.15, 0.2) is 0 Å². The van der Waals surface area contributed by atoms with E-state index >= 15 is 0 Å². The number of terminal acetylenes is 1. The van der Waals surface area contributed by atoms with E-state index in [-0.39, 0.29) is 6.54 Å². The molecule has 0 bridgehead atoms. The fourth-order valence-electron chi connectivity index (χ4n) is 1.06. The lowest BCUT2D eigenvalue weighted by Gasteiger charge is -2.05. The largest absolute Gasteiger partial charge is 0.336 e. The van der Waals surface area contributed by atoms with Gasteiger partial charge < -0.3 is 0 Å². The Morgan fingerprint density at radius 3 is 1.86 bits per heavy atom. The van der Waals surface area contributed by atoms with E-state index in [1.165, 1.54) is 14.1 Å². The summed E-state index contributed by atoms with van der Waals surface area (Å²) < 4.78 is 2.48. The Morgan fingerprint density at radius 1 is 1.07 bits per heavy atom.